The normalized spacial score (nSPS) is 25.4. The molecule has 0 bridgehead atoms. The predicted molar refractivity (Wildman–Crippen MR) is 64.4 cm³/mol. The highest BCUT2D eigenvalue weighted by Gasteiger charge is 2.32. The molecule has 1 amide bonds. The van der Waals surface area contributed by atoms with Crippen LogP contribution in [0.15, 0.2) is 0 Å². The third-order valence-corrected chi connectivity index (χ3v) is 3.35. The lowest BCUT2D eigenvalue weighted by Crippen LogP contribution is -2.50. The third-order valence-electron chi connectivity index (χ3n) is 3.35. The number of carboxylic acid groups (broad SMARTS) is 1. The summed E-state index contributed by atoms with van der Waals surface area (Å²) >= 11 is 0. The summed E-state index contributed by atoms with van der Waals surface area (Å²) in [7, 11) is 0. The van der Waals surface area contributed by atoms with Gasteiger partial charge in [0.1, 0.15) is 0 Å². The SMILES string of the molecule is CC(C)(CC(=O)NC1CCCCC1N)C(=O)O. The molecule has 0 spiro atoms. The quantitative estimate of drug-likeness (QED) is 0.682. The number of nitrogens with two attached hydrogens (primary N) is 1. The molecule has 0 heterocycles. The largest absolute Gasteiger partial charge is 0.481 e. The van der Waals surface area contributed by atoms with Gasteiger partial charge in [0, 0.05) is 18.5 Å². The van der Waals surface area contributed by atoms with Crippen LogP contribution in [-0.4, -0.2) is 29.1 Å². The number of carbonyl (C=O) groups is 2. The van der Waals surface area contributed by atoms with E-state index in [0.717, 1.165) is 25.7 Å². The van der Waals surface area contributed by atoms with Crippen molar-refractivity contribution in [2.24, 2.45) is 11.1 Å². The van der Waals surface area contributed by atoms with Crippen molar-refractivity contribution in [3.8, 4) is 0 Å². The van der Waals surface area contributed by atoms with Gasteiger partial charge in [-0.2, -0.15) is 0 Å². The summed E-state index contributed by atoms with van der Waals surface area (Å²) < 4.78 is 0. The Hall–Kier alpha value is -1.10. The van der Waals surface area contributed by atoms with Gasteiger partial charge in [0.15, 0.2) is 0 Å². The molecule has 98 valence electrons. The minimum Gasteiger partial charge on any atom is -0.481 e. The lowest BCUT2D eigenvalue weighted by atomic mass is 9.87. The molecule has 17 heavy (non-hydrogen) atoms. The number of amides is 1. The fraction of sp³-hybridized carbons (Fsp3) is 0.833. The molecule has 1 fully saturated rings. The Morgan fingerprint density at radius 1 is 1.35 bits per heavy atom. The minimum absolute atomic E-state index is 0.000593. The molecule has 0 aromatic rings. The Kier molecular flexibility index (Phi) is 4.51. The van der Waals surface area contributed by atoms with E-state index in [0.29, 0.717) is 0 Å². The van der Waals surface area contributed by atoms with Gasteiger partial charge in [-0.25, -0.2) is 0 Å². The van der Waals surface area contributed by atoms with E-state index < -0.39 is 11.4 Å². The summed E-state index contributed by atoms with van der Waals surface area (Å²) in [4.78, 5) is 22.7. The molecular formula is C12H22N2O3. The number of hydrogen-bond acceptors (Lipinski definition) is 3. The molecule has 0 aromatic heterocycles. The molecule has 2 unspecified atom stereocenters. The lowest BCUT2D eigenvalue weighted by molar-refractivity contribution is -0.149. The number of aliphatic carboxylic acids is 1. The molecular weight excluding hydrogens is 220 g/mol. The van der Waals surface area contributed by atoms with Gasteiger partial charge in [-0.1, -0.05) is 12.8 Å². The van der Waals surface area contributed by atoms with E-state index in [1.165, 1.54) is 0 Å². The van der Waals surface area contributed by atoms with Gasteiger partial charge in [-0.3, -0.25) is 9.59 Å². The van der Waals surface area contributed by atoms with Crippen molar-refractivity contribution in [2.45, 2.75) is 58.0 Å². The standard InChI is InChI=1S/C12H22N2O3/c1-12(2,11(16)17)7-10(15)14-9-6-4-3-5-8(9)13/h8-9H,3-7,13H2,1-2H3,(H,14,15)(H,16,17). The first-order valence-corrected chi connectivity index (χ1v) is 6.11. The highest BCUT2D eigenvalue weighted by Crippen LogP contribution is 2.21. The Labute approximate surface area is 102 Å². The van der Waals surface area contributed by atoms with Crippen LogP contribution in [0.5, 0.6) is 0 Å². The highest BCUT2D eigenvalue weighted by molar-refractivity contribution is 5.84. The van der Waals surface area contributed by atoms with E-state index in [9.17, 15) is 9.59 Å². The third kappa shape index (κ3) is 4.00. The molecule has 5 nitrogen and oxygen atoms in total. The summed E-state index contributed by atoms with van der Waals surface area (Å²) in [5, 5.41) is 11.8. The van der Waals surface area contributed by atoms with Gasteiger partial charge in [0.25, 0.3) is 0 Å². The topological polar surface area (TPSA) is 92.4 Å². The lowest BCUT2D eigenvalue weighted by Gasteiger charge is -2.30. The number of carbonyl (C=O) groups excluding carboxylic acids is 1. The van der Waals surface area contributed by atoms with Crippen LogP contribution in [0.1, 0.15) is 46.0 Å². The average molecular weight is 242 g/mol. The van der Waals surface area contributed by atoms with Gasteiger partial charge < -0.3 is 16.2 Å². The van der Waals surface area contributed by atoms with Crippen LogP contribution in [0.3, 0.4) is 0 Å². The van der Waals surface area contributed by atoms with Crippen molar-refractivity contribution in [2.75, 3.05) is 0 Å². The summed E-state index contributed by atoms with van der Waals surface area (Å²) in [5.74, 6) is -1.18. The van der Waals surface area contributed by atoms with E-state index in [1.54, 1.807) is 13.8 Å². The Bertz CT molecular complexity index is 302. The maximum atomic E-state index is 11.7. The first-order valence-electron chi connectivity index (χ1n) is 6.11. The highest BCUT2D eigenvalue weighted by atomic mass is 16.4. The zero-order valence-corrected chi connectivity index (χ0v) is 10.5. The Balaban J connectivity index is 2.46. The zero-order valence-electron chi connectivity index (χ0n) is 10.5. The maximum Gasteiger partial charge on any atom is 0.309 e. The smallest absolute Gasteiger partial charge is 0.309 e. The van der Waals surface area contributed by atoms with Crippen LogP contribution in [0.4, 0.5) is 0 Å². The van der Waals surface area contributed by atoms with E-state index in [2.05, 4.69) is 5.32 Å². The van der Waals surface area contributed by atoms with Crippen molar-refractivity contribution >= 4 is 11.9 Å². The second kappa shape index (κ2) is 5.49. The second-order valence-electron chi connectivity index (χ2n) is 5.49. The van der Waals surface area contributed by atoms with Crippen LogP contribution >= 0.6 is 0 Å². The number of carboxylic acids is 1. The summed E-state index contributed by atoms with van der Waals surface area (Å²) in [6, 6.07) is 0.00138. The molecule has 0 saturated heterocycles. The van der Waals surface area contributed by atoms with Gasteiger partial charge in [-0.15, -0.1) is 0 Å². The molecule has 1 aliphatic carbocycles. The average Bonchev–Trinajstić information content (AvgIpc) is 2.20. The molecule has 1 rings (SSSR count). The maximum absolute atomic E-state index is 11.7. The van der Waals surface area contributed by atoms with Crippen LogP contribution < -0.4 is 11.1 Å². The first kappa shape index (κ1) is 14.0. The fourth-order valence-corrected chi connectivity index (χ4v) is 2.07. The van der Waals surface area contributed by atoms with Crippen LogP contribution in [0, 0.1) is 5.41 Å². The van der Waals surface area contributed by atoms with Crippen molar-refractivity contribution in [3.63, 3.8) is 0 Å². The van der Waals surface area contributed by atoms with E-state index in [-0.39, 0.29) is 24.4 Å². The number of hydrogen-bond donors (Lipinski definition) is 3. The second-order valence-corrected chi connectivity index (χ2v) is 5.49. The molecule has 0 aromatic carbocycles. The summed E-state index contributed by atoms with van der Waals surface area (Å²) in [6.45, 7) is 3.10. The van der Waals surface area contributed by atoms with Crippen molar-refractivity contribution in [3.05, 3.63) is 0 Å². The molecule has 0 aliphatic heterocycles. The number of rotatable bonds is 4. The Morgan fingerprint density at radius 3 is 2.47 bits per heavy atom. The monoisotopic (exact) mass is 242 g/mol. The Morgan fingerprint density at radius 2 is 1.94 bits per heavy atom. The molecule has 1 saturated carbocycles. The van der Waals surface area contributed by atoms with Crippen LogP contribution in [0.25, 0.3) is 0 Å². The van der Waals surface area contributed by atoms with Crippen LogP contribution in [-0.2, 0) is 9.59 Å². The zero-order chi connectivity index (χ0) is 13.1. The van der Waals surface area contributed by atoms with Gasteiger partial charge in [0.2, 0.25) is 5.91 Å². The molecule has 1 aliphatic rings. The van der Waals surface area contributed by atoms with E-state index in [4.69, 9.17) is 10.8 Å². The fourth-order valence-electron chi connectivity index (χ4n) is 2.07. The van der Waals surface area contributed by atoms with Gasteiger partial charge >= 0.3 is 5.97 Å². The van der Waals surface area contributed by atoms with Gasteiger partial charge in [-0.05, 0) is 26.7 Å². The van der Waals surface area contributed by atoms with E-state index >= 15 is 0 Å². The molecule has 4 N–H and O–H groups in total. The number of nitrogens with one attached hydrogen (secondary N) is 1. The molecule has 5 heteroatoms. The predicted octanol–water partition coefficient (Wildman–Crippen LogP) is 0.873. The molecule has 2 atom stereocenters. The van der Waals surface area contributed by atoms with Crippen LogP contribution in [0.2, 0.25) is 0 Å². The van der Waals surface area contributed by atoms with E-state index in [1.807, 2.05) is 0 Å². The van der Waals surface area contributed by atoms with Crippen molar-refractivity contribution in [1.29, 1.82) is 0 Å². The summed E-state index contributed by atoms with van der Waals surface area (Å²) in [5.41, 5.74) is 4.89. The minimum atomic E-state index is -1.02. The summed E-state index contributed by atoms with van der Waals surface area (Å²) in [6.07, 6.45) is 3.98. The van der Waals surface area contributed by atoms with Crippen molar-refractivity contribution < 1.29 is 14.7 Å². The van der Waals surface area contributed by atoms with Crippen molar-refractivity contribution in [1.82, 2.24) is 5.32 Å². The molecule has 0 radical (unpaired) electrons. The van der Waals surface area contributed by atoms with Gasteiger partial charge in [0.05, 0.1) is 5.41 Å². The first-order chi connectivity index (χ1) is 7.83.